The van der Waals surface area contributed by atoms with Gasteiger partial charge in [-0.2, -0.15) is 5.26 Å². The number of aliphatic hydroxyl groups excluding tert-OH is 1. The molecule has 0 saturated heterocycles. The Morgan fingerprint density at radius 3 is 2.58 bits per heavy atom. The number of nitriles is 1. The first-order valence-electron chi connectivity index (χ1n) is 6.54. The van der Waals surface area contributed by atoms with E-state index in [4.69, 9.17) is 10.00 Å². The molecule has 19 heavy (non-hydrogen) atoms. The van der Waals surface area contributed by atoms with Gasteiger partial charge in [-0.05, 0) is 32.9 Å². The van der Waals surface area contributed by atoms with Gasteiger partial charge in [-0.3, -0.25) is 0 Å². The molecular formula is C15H22N2O2. The highest BCUT2D eigenvalue weighted by Crippen LogP contribution is 2.34. The van der Waals surface area contributed by atoms with E-state index in [0.717, 1.165) is 17.8 Å². The van der Waals surface area contributed by atoms with Gasteiger partial charge in [0.05, 0.1) is 25.2 Å². The van der Waals surface area contributed by atoms with Gasteiger partial charge in [0.1, 0.15) is 5.75 Å². The van der Waals surface area contributed by atoms with E-state index in [9.17, 15) is 5.11 Å². The average Bonchev–Trinajstić information content (AvgIpc) is 2.43. The van der Waals surface area contributed by atoms with Crippen molar-refractivity contribution in [1.29, 1.82) is 5.26 Å². The lowest BCUT2D eigenvalue weighted by molar-refractivity contribution is 0.194. The first-order valence-corrected chi connectivity index (χ1v) is 6.54. The third kappa shape index (κ3) is 3.62. The first-order chi connectivity index (χ1) is 9.04. The van der Waals surface area contributed by atoms with Crippen LogP contribution in [0.1, 0.15) is 32.4 Å². The number of rotatable bonds is 6. The molecule has 0 radical (unpaired) electrons. The molecule has 0 saturated carbocycles. The van der Waals surface area contributed by atoms with Crippen molar-refractivity contribution in [3.8, 4) is 11.8 Å². The normalized spacial score (nSPS) is 13.5. The molecule has 2 atom stereocenters. The first kappa shape index (κ1) is 15.3. The zero-order valence-electron chi connectivity index (χ0n) is 12.1. The van der Waals surface area contributed by atoms with Gasteiger partial charge in [0.25, 0.3) is 0 Å². The van der Waals surface area contributed by atoms with Crippen LogP contribution in [0.3, 0.4) is 0 Å². The molecule has 1 aromatic carbocycles. The molecule has 4 heteroatoms. The van der Waals surface area contributed by atoms with E-state index in [1.807, 2.05) is 32.0 Å². The molecule has 1 aromatic rings. The van der Waals surface area contributed by atoms with Crippen LogP contribution in [0, 0.1) is 17.2 Å². The van der Waals surface area contributed by atoms with E-state index < -0.39 is 6.10 Å². The summed E-state index contributed by atoms with van der Waals surface area (Å²) in [6.07, 6.45) is -0.613. The Labute approximate surface area is 115 Å². The van der Waals surface area contributed by atoms with Crippen LogP contribution in [-0.2, 0) is 0 Å². The fraction of sp³-hybridized carbons (Fsp3) is 0.533. The van der Waals surface area contributed by atoms with E-state index in [1.165, 1.54) is 0 Å². The lowest BCUT2D eigenvalue weighted by Crippen LogP contribution is -2.29. The Morgan fingerprint density at radius 2 is 2.11 bits per heavy atom. The highest BCUT2D eigenvalue weighted by Gasteiger charge is 2.19. The van der Waals surface area contributed by atoms with Gasteiger partial charge in [-0.1, -0.05) is 6.07 Å². The topological polar surface area (TPSA) is 56.5 Å². The molecule has 1 unspecified atom stereocenters. The van der Waals surface area contributed by atoms with Crippen molar-refractivity contribution >= 4 is 5.69 Å². The molecule has 0 aromatic heterocycles. The largest absolute Gasteiger partial charge is 0.496 e. The minimum absolute atomic E-state index is 0.0620. The zero-order valence-corrected chi connectivity index (χ0v) is 12.1. The molecule has 0 aliphatic heterocycles. The summed E-state index contributed by atoms with van der Waals surface area (Å²) in [5.74, 6) is 0.614. The Hall–Kier alpha value is -1.73. The standard InChI is InChI=1S/C15H22N2O2/c1-5-17(10-11(2)9-16)13-7-6-8-14(19-4)15(13)12(3)18/h6-8,11-12,18H,5,10H2,1-4H3/t11?,12-/m0/s1. The van der Waals surface area contributed by atoms with Gasteiger partial charge < -0.3 is 14.7 Å². The van der Waals surface area contributed by atoms with Gasteiger partial charge in [0, 0.05) is 24.3 Å². The van der Waals surface area contributed by atoms with Gasteiger partial charge in [-0.15, -0.1) is 0 Å². The van der Waals surface area contributed by atoms with Crippen LogP contribution < -0.4 is 9.64 Å². The molecule has 0 spiro atoms. The number of hydrogen-bond donors (Lipinski definition) is 1. The molecule has 0 fully saturated rings. The van der Waals surface area contributed by atoms with Crippen LogP contribution >= 0.6 is 0 Å². The van der Waals surface area contributed by atoms with Crippen LogP contribution in [0.5, 0.6) is 5.75 Å². The van der Waals surface area contributed by atoms with Crippen molar-refractivity contribution in [3.05, 3.63) is 23.8 Å². The Morgan fingerprint density at radius 1 is 1.42 bits per heavy atom. The SMILES string of the molecule is CCN(CC(C)C#N)c1cccc(OC)c1[C@H](C)O. The Balaban J connectivity index is 3.20. The third-order valence-corrected chi connectivity index (χ3v) is 3.12. The monoisotopic (exact) mass is 262 g/mol. The highest BCUT2D eigenvalue weighted by molar-refractivity contribution is 5.60. The van der Waals surface area contributed by atoms with Crippen LogP contribution in [0.4, 0.5) is 5.69 Å². The average molecular weight is 262 g/mol. The van der Waals surface area contributed by atoms with E-state index in [1.54, 1.807) is 14.0 Å². The van der Waals surface area contributed by atoms with Gasteiger partial charge >= 0.3 is 0 Å². The molecule has 0 heterocycles. The van der Waals surface area contributed by atoms with Crippen molar-refractivity contribution in [2.75, 3.05) is 25.1 Å². The number of benzene rings is 1. The van der Waals surface area contributed by atoms with E-state index in [0.29, 0.717) is 12.3 Å². The maximum atomic E-state index is 9.98. The quantitative estimate of drug-likeness (QED) is 0.856. The fourth-order valence-corrected chi connectivity index (χ4v) is 2.18. The molecule has 0 amide bonds. The summed E-state index contributed by atoms with van der Waals surface area (Å²) in [5.41, 5.74) is 1.70. The van der Waals surface area contributed by atoms with Crippen molar-refractivity contribution < 1.29 is 9.84 Å². The second-order valence-electron chi connectivity index (χ2n) is 4.64. The summed E-state index contributed by atoms with van der Waals surface area (Å²) in [5, 5.41) is 18.9. The summed E-state index contributed by atoms with van der Waals surface area (Å²) in [7, 11) is 1.60. The Bertz CT molecular complexity index is 452. The number of methoxy groups -OCH3 is 1. The second-order valence-corrected chi connectivity index (χ2v) is 4.64. The number of nitrogens with zero attached hydrogens (tertiary/aromatic N) is 2. The van der Waals surface area contributed by atoms with Crippen LogP contribution in [-0.4, -0.2) is 25.3 Å². The molecule has 0 aliphatic rings. The maximum Gasteiger partial charge on any atom is 0.126 e. The number of hydrogen-bond acceptors (Lipinski definition) is 4. The van der Waals surface area contributed by atoms with E-state index in [-0.39, 0.29) is 5.92 Å². The zero-order chi connectivity index (χ0) is 14.4. The fourth-order valence-electron chi connectivity index (χ4n) is 2.18. The predicted octanol–water partition coefficient (Wildman–Crippen LogP) is 2.73. The number of ether oxygens (including phenoxy) is 1. The lowest BCUT2D eigenvalue weighted by atomic mass is 10.0. The van der Waals surface area contributed by atoms with Crippen LogP contribution in [0.2, 0.25) is 0 Å². The molecule has 1 rings (SSSR count). The summed E-state index contributed by atoms with van der Waals surface area (Å²) >= 11 is 0. The lowest BCUT2D eigenvalue weighted by Gasteiger charge is -2.28. The summed E-state index contributed by atoms with van der Waals surface area (Å²) in [6, 6.07) is 7.94. The molecule has 4 nitrogen and oxygen atoms in total. The van der Waals surface area contributed by atoms with Crippen molar-refractivity contribution in [2.24, 2.45) is 5.92 Å². The maximum absolute atomic E-state index is 9.98. The molecule has 1 N–H and O–H groups in total. The number of aliphatic hydroxyl groups is 1. The highest BCUT2D eigenvalue weighted by atomic mass is 16.5. The molecule has 0 aliphatic carbocycles. The molecule has 104 valence electrons. The Kier molecular flexibility index (Phi) is 5.65. The summed E-state index contributed by atoms with van der Waals surface area (Å²) < 4.78 is 5.32. The van der Waals surface area contributed by atoms with Crippen molar-refractivity contribution in [1.82, 2.24) is 0 Å². The minimum atomic E-state index is -0.613. The predicted molar refractivity (Wildman–Crippen MR) is 76.3 cm³/mol. The van der Waals surface area contributed by atoms with Gasteiger partial charge in [0.2, 0.25) is 0 Å². The van der Waals surface area contributed by atoms with E-state index in [2.05, 4.69) is 11.0 Å². The second kappa shape index (κ2) is 7.01. The minimum Gasteiger partial charge on any atom is -0.496 e. The number of anilines is 1. The van der Waals surface area contributed by atoms with Crippen LogP contribution in [0.15, 0.2) is 18.2 Å². The van der Waals surface area contributed by atoms with Crippen LogP contribution in [0.25, 0.3) is 0 Å². The molecular weight excluding hydrogens is 240 g/mol. The van der Waals surface area contributed by atoms with E-state index >= 15 is 0 Å². The summed E-state index contributed by atoms with van der Waals surface area (Å²) in [6.45, 7) is 7.07. The molecule has 0 bridgehead atoms. The van der Waals surface area contributed by atoms with Gasteiger partial charge in [-0.25, -0.2) is 0 Å². The smallest absolute Gasteiger partial charge is 0.126 e. The van der Waals surface area contributed by atoms with Crippen molar-refractivity contribution in [3.63, 3.8) is 0 Å². The van der Waals surface area contributed by atoms with Gasteiger partial charge in [0.15, 0.2) is 0 Å². The van der Waals surface area contributed by atoms with Crippen molar-refractivity contribution in [2.45, 2.75) is 26.9 Å². The summed E-state index contributed by atoms with van der Waals surface area (Å²) in [4.78, 5) is 2.10. The third-order valence-electron chi connectivity index (χ3n) is 3.12.